The van der Waals surface area contributed by atoms with Gasteiger partial charge in [0.1, 0.15) is 10.7 Å². The highest BCUT2D eigenvalue weighted by Gasteiger charge is 2.29. The van der Waals surface area contributed by atoms with Crippen molar-refractivity contribution in [1.29, 1.82) is 0 Å². The second kappa shape index (κ2) is 9.22. The van der Waals surface area contributed by atoms with Gasteiger partial charge in [-0.25, -0.2) is 12.8 Å². The fourth-order valence-electron chi connectivity index (χ4n) is 3.97. The molecule has 0 bridgehead atoms. The molecule has 2 atom stereocenters. The van der Waals surface area contributed by atoms with E-state index in [0.717, 1.165) is 48.2 Å². The van der Waals surface area contributed by atoms with Gasteiger partial charge in [-0.2, -0.15) is 9.82 Å². The first-order chi connectivity index (χ1) is 15.3. The number of nitrogens with zero attached hydrogens (tertiary/aromatic N) is 2. The monoisotopic (exact) mass is 456 g/mol. The smallest absolute Gasteiger partial charge is 0.244 e. The Morgan fingerprint density at radius 2 is 1.91 bits per heavy atom. The zero-order valence-corrected chi connectivity index (χ0v) is 18.5. The molecule has 168 valence electrons. The standard InChI is InChI=1S/C23H25FN4O3S/c1-16(27-32(30,31)22-13-6-5-10-19(22)24)23(29)26-20-11-7-12-21-18(20)14-25-28(21)15-17-8-3-2-4-9-17/h2-6,8-10,13-14,16,20,27H,7,11-12,15H2,1H3,(H,26,29)/t16-,20-/m0/s1. The van der Waals surface area contributed by atoms with Crippen molar-refractivity contribution in [3.8, 4) is 0 Å². The van der Waals surface area contributed by atoms with Gasteiger partial charge in [-0.3, -0.25) is 9.48 Å². The van der Waals surface area contributed by atoms with Gasteiger partial charge in [0.25, 0.3) is 0 Å². The second-order valence-corrected chi connectivity index (χ2v) is 9.60. The van der Waals surface area contributed by atoms with E-state index in [2.05, 4.69) is 15.1 Å². The number of halogens is 1. The Balaban J connectivity index is 1.45. The molecule has 0 spiro atoms. The molecule has 0 saturated heterocycles. The van der Waals surface area contributed by atoms with E-state index >= 15 is 0 Å². The number of sulfonamides is 1. The lowest BCUT2D eigenvalue weighted by Crippen LogP contribution is -2.46. The third-order valence-corrected chi connectivity index (χ3v) is 7.18. The molecule has 1 amide bonds. The molecule has 1 aliphatic carbocycles. The number of carbonyl (C=O) groups is 1. The van der Waals surface area contributed by atoms with Crippen LogP contribution in [0.4, 0.5) is 4.39 Å². The van der Waals surface area contributed by atoms with Crippen LogP contribution in [-0.2, 0) is 27.8 Å². The number of hydrogen-bond donors (Lipinski definition) is 2. The van der Waals surface area contributed by atoms with Crippen LogP contribution in [0.15, 0.2) is 65.7 Å². The van der Waals surface area contributed by atoms with E-state index < -0.39 is 32.7 Å². The Kier molecular flexibility index (Phi) is 6.38. The normalized spacial score (nSPS) is 16.9. The molecule has 32 heavy (non-hydrogen) atoms. The van der Waals surface area contributed by atoms with Gasteiger partial charge >= 0.3 is 0 Å². The molecule has 1 heterocycles. The Morgan fingerprint density at radius 1 is 1.19 bits per heavy atom. The van der Waals surface area contributed by atoms with Crippen LogP contribution in [0.5, 0.6) is 0 Å². The van der Waals surface area contributed by atoms with Crippen LogP contribution >= 0.6 is 0 Å². The predicted molar refractivity (Wildman–Crippen MR) is 118 cm³/mol. The number of amides is 1. The molecule has 4 rings (SSSR count). The molecule has 0 aliphatic heterocycles. The van der Waals surface area contributed by atoms with Crippen LogP contribution in [-0.4, -0.2) is 30.1 Å². The molecule has 0 fully saturated rings. The largest absolute Gasteiger partial charge is 0.348 e. The molecule has 7 nitrogen and oxygen atoms in total. The second-order valence-electron chi connectivity index (χ2n) is 7.92. The molecule has 0 unspecified atom stereocenters. The quantitative estimate of drug-likeness (QED) is 0.572. The van der Waals surface area contributed by atoms with E-state index in [-0.39, 0.29) is 6.04 Å². The van der Waals surface area contributed by atoms with Gasteiger partial charge in [-0.05, 0) is 43.9 Å². The summed E-state index contributed by atoms with van der Waals surface area (Å²) in [6.07, 6.45) is 4.26. The van der Waals surface area contributed by atoms with Crippen LogP contribution in [0.25, 0.3) is 0 Å². The lowest BCUT2D eigenvalue weighted by molar-refractivity contribution is -0.123. The van der Waals surface area contributed by atoms with Crippen LogP contribution in [0, 0.1) is 5.82 Å². The first kappa shape index (κ1) is 22.2. The highest BCUT2D eigenvalue weighted by Crippen LogP contribution is 2.30. The van der Waals surface area contributed by atoms with E-state index in [1.807, 2.05) is 35.0 Å². The van der Waals surface area contributed by atoms with Gasteiger partial charge in [0.2, 0.25) is 15.9 Å². The molecular formula is C23H25FN4O3S. The highest BCUT2D eigenvalue weighted by molar-refractivity contribution is 7.89. The van der Waals surface area contributed by atoms with Crippen LogP contribution in [0.3, 0.4) is 0 Å². The SMILES string of the molecule is C[C@H](NS(=O)(=O)c1ccccc1F)C(=O)N[C@H]1CCCc2c1cnn2Cc1ccccc1. The Labute approximate surface area is 186 Å². The summed E-state index contributed by atoms with van der Waals surface area (Å²) < 4.78 is 43.1. The summed E-state index contributed by atoms with van der Waals surface area (Å²) in [5, 5.41) is 7.44. The Hall–Kier alpha value is -3.04. The molecule has 9 heteroatoms. The Bertz CT molecular complexity index is 1210. The van der Waals surface area contributed by atoms with Crippen molar-refractivity contribution in [3.63, 3.8) is 0 Å². The fourth-order valence-corrected chi connectivity index (χ4v) is 5.25. The maximum atomic E-state index is 13.9. The number of hydrogen-bond acceptors (Lipinski definition) is 4. The van der Waals surface area contributed by atoms with Crippen molar-refractivity contribution >= 4 is 15.9 Å². The molecule has 3 aromatic rings. The van der Waals surface area contributed by atoms with Gasteiger partial charge in [0.05, 0.1) is 24.8 Å². The number of aromatic nitrogens is 2. The summed E-state index contributed by atoms with van der Waals surface area (Å²) in [7, 11) is -4.17. The average Bonchev–Trinajstić information content (AvgIpc) is 3.18. The molecule has 0 saturated carbocycles. The third kappa shape index (κ3) is 4.73. The van der Waals surface area contributed by atoms with Crippen molar-refractivity contribution in [2.45, 2.75) is 49.7 Å². The van der Waals surface area contributed by atoms with Gasteiger partial charge in [0.15, 0.2) is 0 Å². The molecular weight excluding hydrogens is 431 g/mol. The van der Waals surface area contributed by atoms with E-state index in [1.165, 1.54) is 19.1 Å². The number of benzene rings is 2. The number of nitrogens with one attached hydrogen (secondary N) is 2. The van der Waals surface area contributed by atoms with E-state index in [4.69, 9.17) is 0 Å². The zero-order valence-electron chi connectivity index (χ0n) is 17.7. The van der Waals surface area contributed by atoms with Crippen LogP contribution in [0.1, 0.15) is 42.6 Å². The van der Waals surface area contributed by atoms with Crippen molar-refractivity contribution in [2.75, 3.05) is 0 Å². The summed E-state index contributed by atoms with van der Waals surface area (Å²) in [6.45, 7) is 2.09. The van der Waals surface area contributed by atoms with E-state index in [9.17, 15) is 17.6 Å². The summed E-state index contributed by atoms with van der Waals surface area (Å²) in [4.78, 5) is 12.3. The first-order valence-electron chi connectivity index (χ1n) is 10.5. The summed E-state index contributed by atoms with van der Waals surface area (Å²) in [5.41, 5.74) is 3.16. The van der Waals surface area contributed by atoms with Gasteiger partial charge in [0, 0.05) is 11.3 Å². The molecule has 0 radical (unpaired) electrons. The predicted octanol–water partition coefficient (Wildman–Crippen LogP) is 2.93. The van der Waals surface area contributed by atoms with Crippen LogP contribution in [0.2, 0.25) is 0 Å². The molecule has 1 aromatic heterocycles. The topological polar surface area (TPSA) is 93.1 Å². The van der Waals surface area contributed by atoms with Crippen molar-refractivity contribution < 1.29 is 17.6 Å². The Morgan fingerprint density at radius 3 is 2.66 bits per heavy atom. The number of carbonyl (C=O) groups excluding carboxylic acids is 1. The molecule has 1 aliphatic rings. The minimum absolute atomic E-state index is 0.254. The van der Waals surface area contributed by atoms with Crippen LogP contribution < -0.4 is 10.0 Å². The minimum atomic E-state index is -4.17. The van der Waals surface area contributed by atoms with Crippen molar-refractivity contribution in [1.82, 2.24) is 19.8 Å². The maximum absolute atomic E-state index is 13.9. The lowest BCUT2D eigenvalue weighted by Gasteiger charge is -2.26. The number of rotatable bonds is 7. The summed E-state index contributed by atoms with van der Waals surface area (Å²) in [6, 6.07) is 13.8. The molecule has 2 aromatic carbocycles. The van der Waals surface area contributed by atoms with Gasteiger partial charge < -0.3 is 5.32 Å². The maximum Gasteiger partial charge on any atom is 0.244 e. The van der Waals surface area contributed by atoms with Crippen molar-refractivity contribution in [2.24, 2.45) is 0 Å². The van der Waals surface area contributed by atoms with E-state index in [0.29, 0.717) is 6.54 Å². The summed E-state index contributed by atoms with van der Waals surface area (Å²) >= 11 is 0. The van der Waals surface area contributed by atoms with E-state index in [1.54, 1.807) is 6.20 Å². The minimum Gasteiger partial charge on any atom is -0.348 e. The van der Waals surface area contributed by atoms with Crippen molar-refractivity contribution in [3.05, 3.63) is 83.4 Å². The average molecular weight is 457 g/mol. The third-order valence-electron chi connectivity index (χ3n) is 5.61. The highest BCUT2D eigenvalue weighted by atomic mass is 32.2. The summed E-state index contributed by atoms with van der Waals surface area (Å²) in [5.74, 6) is -1.34. The van der Waals surface area contributed by atoms with Gasteiger partial charge in [-0.1, -0.05) is 42.5 Å². The number of fused-ring (bicyclic) bond motifs is 1. The molecule has 2 N–H and O–H groups in total. The first-order valence-corrected chi connectivity index (χ1v) is 12.0. The zero-order chi connectivity index (χ0) is 22.7. The lowest BCUT2D eigenvalue weighted by atomic mass is 9.92. The fraction of sp³-hybridized carbons (Fsp3) is 0.304. The van der Waals surface area contributed by atoms with Gasteiger partial charge in [-0.15, -0.1) is 0 Å².